The number of methoxy groups -OCH3 is 1. The molecule has 19 heavy (non-hydrogen) atoms. The van der Waals surface area contributed by atoms with Crippen molar-refractivity contribution in [3.8, 4) is 11.5 Å². The molecule has 0 fully saturated rings. The highest BCUT2D eigenvalue weighted by molar-refractivity contribution is 5.93. The van der Waals surface area contributed by atoms with E-state index in [2.05, 4.69) is 15.0 Å². The van der Waals surface area contributed by atoms with Crippen LogP contribution >= 0.6 is 0 Å². The van der Waals surface area contributed by atoms with Gasteiger partial charge in [0.05, 0.1) is 7.11 Å². The van der Waals surface area contributed by atoms with Crippen molar-refractivity contribution in [2.45, 2.75) is 13.0 Å². The number of carbonyl (C=O) groups excluding carboxylic acids is 1. The number of benzene rings is 1. The highest BCUT2D eigenvalue weighted by Gasteiger charge is 2.17. The standard InChI is InChI=1S/C13H14N2O4/c1-9(13(16)14-12-7-8-18-15-12)19-11-6-4-3-5-10(11)17-2/h3-9H,1-2H3,(H,14,15,16). The van der Waals surface area contributed by atoms with Gasteiger partial charge in [0.1, 0.15) is 6.26 Å². The number of para-hydroxylation sites is 2. The number of nitrogens with one attached hydrogen (secondary N) is 1. The molecule has 100 valence electrons. The molecule has 1 aromatic carbocycles. The Bertz CT molecular complexity index is 539. The van der Waals surface area contributed by atoms with Gasteiger partial charge in [0, 0.05) is 6.07 Å². The van der Waals surface area contributed by atoms with Crippen LogP contribution in [0.2, 0.25) is 0 Å². The Balaban J connectivity index is 2.00. The molecular formula is C13H14N2O4. The number of hydrogen-bond acceptors (Lipinski definition) is 5. The van der Waals surface area contributed by atoms with Gasteiger partial charge >= 0.3 is 0 Å². The number of anilines is 1. The molecular weight excluding hydrogens is 248 g/mol. The van der Waals surface area contributed by atoms with Crippen LogP contribution < -0.4 is 14.8 Å². The lowest BCUT2D eigenvalue weighted by Crippen LogP contribution is -2.30. The smallest absolute Gasteiger partial charge is 0.266 e. The highest BCUT2D eigenvalue weighted by Crippen LogP contribution is 2.26. The zero-order valence-electron chi connectivity index (χ0n) is 10.6. The van der Waals surface area contributed by atoms with Crippen molar-refractivity contribution in [3.05, 3.63) is 36.6 Å². The summed E-state index contributed by atoms with van der Waals surface area (Å²) >= 11 is 0. The second-order valence-electron chi connectivity index (χ2n) is 3.78. The van der Waals surface area contributed by atoms with E-state index in [4.69, 9.17) is 9.47 Å². The second-order valence-corrected chi connectivity index (χ2v) is 3.78. The van der Waals surface area contributed by atoms with Crippen LogP contribution in [0.15, 0.2) is 41.1 Å². The summed E-state index contributed by atoms with van der Waals surface area (Å²) in [4.78, 5) is 11.9. The highest BCUT2D eigenvalue weighted by atomic mass is 16.5. The first-order valence-electron chi connectivity index (χ1n) is 5.71. The number of carbonyl (C=O) groups is 1. The number of aromatic nitrogens is 1. The Morgan fingerprint density at radius 2 is 2.05 bits per heavy atom. The molecule has 0 spiro atoms. The van der Waals surface area contributed by atoms with Gasteiger partial charge in [-0.2, -0.15) is 0 Å². The van der Waals surface area contributed by atoms with Gasteiger partial charge in [0.25, 0.3) is 5.91 Å². The molecule has 0 saturated heterocycles. The third-order valence-corrected chi connectivity index (χ3v) is 2.43. The van der Waals surface area contributed by atoms with Crippen LogP contribution in [0.25, 0.3) is 0 Å². The molecule has 6 heteroatoms. The number of nitrogens with zero attached hydrogens (tertiary/aromatic N) is 1. The van der Waals surface area contributed by atoms with E-state index in [0.29, 0.717) is 17.3 Å². The van der Waals surface area contributed by atoms with Crippen LogP contribution in [0.5, 0.6) is 11.5 Å². The van der Waals surface area contributed by atoms with Gasteiger partial charge in [-0.3, -0.25) is 4.79 Å². The summed E-state index contributed by atoms with van der Waals surface area (Å²) in [5.74, 6) is 1.11. The van der Waals surface area contributed by atoms with E-state index >= 15 is 0 Å². The Morgan fingerprint density at radius 1 is 1.32 bits per heavy atom. The van der Waals surface area contributed by atoms with Crippen LogP contribution in [0.4, 0.5) is 5.82 Å². The molecule has 2 aromatic rings. The van der Waals surface area contributed by atoms with Crippen molar-refractivity contribution in [3.63, 3.8) is 0 Å². The molecule has 0 aliphatic carbocycles. The first-order valence-corrected chi connectivity index (χ1v) is 5.71. The normalized spacial score (nSPS) is 11.7. The van der Waals surface area contributed by atoms with E-state index < -0.39 is 6.10 Å². The first-order chi connectivity index (χ1) is 9.20. The number of amides is 1. The lowest BCUT2D eigenvalue weighted by molar-refractivity contribution is -0.122. The maximum absolute atomic E-state index is 11.9. The molecule has 6 nitrogen and oxygen atoms in total. The van der Waals surface area contributed by atoms with Crippen LogP contribution in [-0.2, 0) is 4.79 Å². The number of hydrogen-bond donors (Lipinski definition) is 1. The quantitative estimate of drug-likeness (QED) is 0.893. The summed E-state index contributed by atoms with van der Waals surface area (Å²) in [6.07, 6.45) is 0.689. The minimum absolute atomic E-state index is 0.320. The van der Waals surface area contributed by atoms with E-state index in [1.807, 2.05) is 6.07 Å². The lowest BCUT2D eigenvalue weighted by atomic mass is 10.3. The van der Waals surface area contributed by atoms with Gasteiger partial charge in [-0.05, 0) is 19.1 Å². The van der Waals surface area contributed by atoms with Crippen molar-refractivity contribution in [1.29, 1.82) is 0 Å². The van der Waals surface area contributed by atoms with E-state index in [1.165, 1.54) is 6.26 Å². The van der Waals surface area contributed by atoms with Gasteiger partial charge in [0.2, 0.25) is 0 Å². The molecule has 1 heterocycles. The fourth-order valence-electron chi connectivity index (χ4n) is 1.46. The van der Waals surface area contributed by atoms with E-state index in [-0.39, 0.29) is 5.91 Å². The van der Waals surface area contributed by atoms with Crippen molar-refractivity contribution in [1.82, 2.24) is 5.16 Å². The third kappa shape index (κ3) is 3.25. The molecule has 1 unspecified atom stereocenters. The number of rotatable bonds is 5. The minimum Gasteiger partial charge on any atom is -0.493 e. The van der Waals surface area contributed by atoms with Crippen molar-refractivity contribution in [2.24, 2.45) is 0 Å². The molecule has 0 bridgehead atoms. The zero-order valence-corrected chi connectivity index (χ0v) is 10.6. The minimum atomic E-state index is -0.687. The van der Waals surface area contributed by atoms with Crippen LogP contribution in [-0.4, -0.2) is 24.3 Å². The van der Waals surface area contributed by atoms with Crippen molar-refractivity contribution in [2.75, 3.05) is 12.4 Å². The Kier molecular flexibility index (Phi) is 4.02. The van der Waals surface area contributed by atoms with Crippen molar-refractivity contribution < 1.29 is 18.8 Å². The Labute approximate surface area is 110 Å². The van der Waals surface area contributed by atoms with Gasteiger partial charge in [-0.15, -0.1) is 0 Å². The molecule has 2 rings (SSSR count). The predicted octanol–water partition coefficient (Wildman–Crippen LogP) is 2.09. The van der Waals surface area contributed by atoms with E-state index in [9.17, 15) is 4.79 Å². The monoisotopic (exact) mass is 262 g/mol. The summed E-state index contributed by atoms with van der Waals surface area (Å²) in [5, 5.41) is 6.16. The molecule has 0 aliphatic heterocycles. The molecule has 0 saturated carbocycles. The summed E-state index contributed by atoms with van der Waals surface area (Å²) in [6, 6.07) is 8.68. The fraction of sp³-hybridized carbons (Fsp3) is 0.231. The number of ether oxygens (including phenoxy) is 2. The molecule has 1 atom stereocenters. The largest absolute Gasteiger partial charge is 0.493 e. The van der Waals surface area contributed by atoms with Crippen molar-refractivity contribution >= 4 is 11.7 Å². The Hall–Kier alpha value is -2.50. The topological polar surface area (TPSA) is 73.6 Å². The second kappa shape index (κ2) is 5.90. The average molecular weight is 262 g/mol. The van der Waals surface area contributed by atoms with Crippen LogP contribution in [0.1, 0.15) is 6.92 Å². The maximum atomic E-state index is 11.9. The van der Waals surface area contributed by atoms with E-state index in [0.717, 1.165) is 0 Å². The predicted molar refractivity (Wildman–Crippen MR) is 68.2 cm³/mol. The molecule has 0 radical (unpaired) electrons. The summed E-state index contributed by atoms with van der Waals surface area (Å²) < 4.78 is 15.3. The first kappa shape index (κ1) is 12.9. The molecule has 1 N–H and O–H groups in total. The van der Waals surface area contributed by atoms with Crippen LogP contribution in [0, 0.1) is 0 Å². The average Bonchev–Trinajstić information content (AvgIpc) is 2.92. The zero-order chi connectivity index (χ0) is 13.7. The fourth-order valence-corrected chi connectivity index (χ4v) is 1.46. The third-order valence-electron chi connectivity index (χ3n) is 2.43. The molecule has 0 aliphatic rings. The SMILES string of the molecule is COc1ccccc1OC(C)C(=O)Nc1ccon1. The maximum Gasteiger partial charge on any atom is 0.266 e. The summed E-state index contributed by atoms with van der Waals surface area (Å²) in [7, 11) is 1.54. The van der Waals surface area contributed by atoms with Gasteiger partial charge in [-0.1, -0.05) is 17.3 Å². The molecule has 1 amide bonds. The van der Waals surface area contributed by atoms with Gasteiger partial charge < -0.3 is 19.3 Å². The summed E-state index contributed by atoms with van der Waals surface area (Å²) in [5.41, 5.74) is 0. The lowest BCUT2D eigenvalue weighted by Gasteiger charge is -2.15. The van der Waals surface area contributed by atoms with Gasteiger partial charge in [0.15, 0.2) is 23.4 Å². The van der Waals surface area contributed by atoms with E-state index in [1.54, 1.807) is 38.3 Å². The van der Waals surface area contributed by atoms with Crippen LogP contribution in [0.3, 0.4) is 0 Å². The summed E-state index contributed by atoms with van der Waals surface area (Å²) in [6.45, 7) is 1.64. The van der Waals surface area contributed by atoms with Gasteiger partial charge in [-0.25, -0.2) is 0 Å². The molecule has 1 aromatic heterocycles. The Morgan fingerprint density at radius 3 is 2.68 bits per heavy atom.